The van der Waals surface area contributed by atoms with E-state index >= 15 is 0 Å². The zero-order valence-corrected chi connectivity index (χ0v) is 27.2. The molecule has 0 bridgehead atoms. The maximum absolute atomic E-state index is 7.04. The number of benzene rings is 7. The molecule has 0 saturated heterocycles. The molecule has 7 aromatic carbocycles. The van der Waals surface area contributed by atoms with Crippen LogP contribution in [0.25, 0.3) is 105 Å². The molecule has 4 heterocycles. The van der Waals surface area contributed by atoms with E-state index in [2.05, 4.69) is 108 Å². The molecule has 11 rings (SSSR count). The summed E-state index contributed by atoms with van der Waals surface area (Å²) < 4.78 is 15.9. The lowest BCUT2D eigenvalue weighted by Gasteiger charge is -2.09. The number of rotatable bonds is 4. The number of furan rings is 2. The fraction of sp³-hybridized carbons (Fsp3) is 0. The Labute approximate surface area is 291 Å². The Morgan fingerprint density at radius 3 is 1.90 bits per heavy atom. The highest BCUT2D eigenvalue weighted by Crippen LogP contribution is 2.44. The predicted octanol–water partition coefficient (Wildman–Crippen LogP) is 12.4. The van der Waals surface area contributed by atoms with Crippen molar-refractivity contribution in [2.45, 2.75) is 0 Å². The van der Waals surface area contributed by atoms with Crippen molar-refractivity contribution < 1.29 is 8.83 Å². The van der Waals surface area contributed by atoms with Crippen molar-refractivity contribution in [1.29, 1.82) is 0 Å². The summed E-state index contributed by atoms with van der Waals surface area (Å²) in [5.74, 6) is 0.672. The fourth-order valence-electron chi connectivity index (χ4n) is 7.74. The van der Waals surface area contributed by atoms with Crippen molar-refractivity contribution in [3.05, 3.63) is 164 Å². The third-order valence-corrected chi connectivity index (χ3v) is 10.0. The van der Waals surface area contributed by atoms with Gasteiger partial charge in [-0.2, -0.15) is 0 Å². The van der Waals surface area contributed by atoms with E-state index in [1.807, 2.05) is 60.7 Å². The molecule has 11 aromatic rings. The predicted molar refractivity (Wildman–Crippen MR) is 207 cm³/mol. The van der Waals surface area contributed by atoms with Crippen LogP contribution in [0, 0.1) is 0 Å². The lowest BCUT2D eigenvalue weighted by Crippen LogP contribution is -1.96. The molecule has 0 aliphatic carbocycles. The molecule has 0 unspecified atom stereocenters. The van der Waals surface area contributed by atoms with E-state index < -0.39 is 0 Å². The largest absolute Gasteiger partial charge is 0.455 e. The second-order valence-electron chi connectivity index (χ2n) is 12.9. The molecular weight excluding hydrogens is 627 g/mol. The van der Waals surface area contributed by atoms with Gasteiger partial charge in [0.05, 0.1) is 33.5 Å². The molecule has 4 aromatic heterocycles. The first-order chi connectivity index (χ1) is 25.3. The minimum absolute atomic E-state index is 0.672. The first kappa shape index (κ1) is 27.9. The van der Waals surface area contributed by atoms with E-state index in [9.17, 15) is 0 Å². The van der Waals surface area contributed by atoms with Crippen LogP contribution in [0.3, 0.4) is 0 Å². The topological polar surface area (TPSA) is 57.0 Å². The van der Waals surface area contributed by atoms with Crippen LogP contribution in [0.4, 0.5) is 0 Å². The first-order valence-electron chi connectivity index (χ1n) is 17.1. The summed E-state index contributed by atoms with van der Waals surface area (Å²) in [5.41, 5.74) is 11.1. The van der Waals surface area contributed by atoms with Gasteiger partial charge in [0, 0.05) is 43.6 Å². The van der Waals surface area contributed by atoms with Crippen LogP contribution in [-0.4, -0.2) is 14.5 Å². The van der Waals surface area contributed by atoms with E-state index in [1.165, 1.54) is 0 Å². The highest BCUT2D eigenvalue weighted by Gasteiger charge is 2.23. The number of para-hydroxylation sites is 4. The average molecular weight is 654 g/mol. The molecule has 0 N–H and O–H groups in total. The number of nitrogens with zero attached hydrogens (tertiary/aromatic N) is 3. The second-order valence-corrected chi connectivity index (χ2v) is 12.9. The van der Waals surface area contributed by atoms with E-state index in [4.69, 9.17) is 18.8 Å². The second kappa shape index (κ2) is 10.8. The molecule has 0 aliphatic heterocycles. The third kappa shape index (κ3) is 4.15. The van der Waals surface area contributed by atoms with Gasteiger partial charge in [0.15, 0.2) is 11.4 Å². The van der Waals surface area contributed by atoms with Crippen LogP contribution in [0.1, 0.15) is 0 Å². The molecule has 5 nitrogen and oxygen atoms in total. The molecule has 5 heteroatoms. The van der Waals surface area contributed by atoms with Crippen LogP contribution in [-0.2, 0) is 0 Å². The van der Waals surface area contributed by atoms with E-state index in [0.717, 1.165) is 99.4 Å². The van der Waals surface area contributed by atoms with Gasteiger partial charge < -0.3 is 13.4 Å². The van der Waals surface area contributed by atoms with Crippen LogP contribution in [0.2, 0.25) is 0 Å². The normalized spacial score (nSPS) is 11.9. The van der Waals surface area contributed by atoms with Gasteiger partial charge in [0.25, 0.3) is 0 Å². The van der Waals surface area contributed by atoms with Crippen molar-refractivity contribution >= 4 is 65.7 Å². The number of fused-ring (bicyclic) bond motifs is 10. The summed E-state index contributed by atoms with van der Waals surface area (Å²) in [6.45, 7) is 0. The zero-order chi connectivity index (χ0) is 33.5. The summed E-state index contributed by atoms with van der Waals surface area (Å²) in [5, 5.41) is 6.49. The van der Waals surface area contributed by atoms with Crippen molar-refractivity contribution in [3.8, 4) is 39.6 Å². The molecule has 238 valence electrons. The third-order valence-electron chi connectivity index (χ3n) is 10.0. The SMILES string of the molecule is c1ccc(-c2cc(-c3cccc4c3oc3c4ccc4c3c3ccccc3n4-c3cccc4c3oc3ccccc34)nc(-c3ccccc3)n2)cc1. The highest BCUT2D eigenvalue weighted by molar-refractivity contribution is 6.25. The molecule has 0 aliphatic rings. The summed E-state index contributed by atoms with van der Waals surface area (Å²) >= 11 is 0. The molecule has 0 saturated carbocycles. The van der Waals surface area contributed by atoms with E-state index in [0.29, 0.717) is 5.82 Å². The lowest BCUT2D eigenvalue weighted by molar-refractivity contribution is 0.666. The Hall–Kier alpha value is -6.98. The molecule has 0 spiro atoms. The molecule has 51 heavy (non-hydrogen) atoms. The first-order valence-corrected chi connectivity index (χ1v) is 17.1. The molecule has 0 atom stereocenters. The molecular formula is C46H27N3O2. The maximum Gasteiger partial charge on any atom is 0.160 e. The van der Waals surface area contributed by atoms with Gasteiger partial charge in [-0.15, -0.1) is 0 Å². The Morgan fingerprint density at radius 2 is 1.06 bits per heavy atom. The summed E-state index contributed by atoms with van der Waals surface area (Å²) in [6.07, 6.45) is 0. The summed E-state index contributed by atoms with van der Waals surface area (Å²) in [7, 11) is 0. The van der Waals surface area contributed by atoms with Crippen molar-refractivity contribution in [2.24, 2.45) is 0 Å². The quantitative estimate of drug-likeness (QED) is 0.190. The Balaban J connectivity index is 1.19. The average Bonchev–Trinajstić information content (AvgIpc) is 3.88. The van der Waals surface area contributed by atoms with Crippen LogP contribution in [0.15, 0.2) is 173 Å². The van der Waals surface area contributed by atoms with Gasteiger partial charge >= 0.3 is 0 Å². The number of hydrogen-bond donors (Lipinski definition) is 0. The smallest absolute Gasteiger partial charge is 0.160 e. The van der Waals surface area contributed by atoms with E-state index in [-0.39, 0.29) is 0 Å². The molecule has 0 radical (unpaired) electrons. The minimum Gasteiger partial charge on any atom is -0.455 e. The van der Waals surface area contributed by atoms with Crippen molar-refractivity contribution in [2.75, 3.05) is 0 Å². The van der Waals surface area contributed by atoms with Crippen molar-refractivity contribution in [1.82, 2.24) is 14.5 Å². The summed E-state index contributed by atoms with van der Waals surface area (Å²) in [4.78, 5) is 10.1. The Bertz CT molecular complexity index is 3080. The zero-order valence-electron chi connectivity index (χ0n) is 27.2. The van der Waals surface area contributed by atoms with Gasteiger partial charge in [-0.05, 0) is 42.5 Å². The minimum atomic E-state index is 0.672. The standard InChI is InChI=1S/C46H27N3O2/c1-3-13-28(14-4-1)36-27-37(48-46(47-36)29-15-5-2-6-16-29)34-21-11-19-32-33-25-26-39-42(45(33)51-43(32)34)35-18-7-9-22-38(35)49(39)40-23-12-20-31-30-17-8-10-24-41(30)50-44(31)40/h1-27H. The van der Waals surface area contributed by atoms with Gasteiger partial charge in [0.2, 0.25) is 0 Å². The highest BCUT2D eigenvalue weighted by atomic mass is 16.3. The van der Waals surface area contributed by atoms with Gasteiger partial charge in [-0.3, -0.25) is 0 Å². The van der Waals surface area contributed by atoms with Crippen LogP contribution < -0.4 is 0 Å². The number of aromatic nitrogens is 3. The van der Waals surface area contributed by atoms with Crippen LogP contribution in [0.5, 0.6) is 0 Å². The Kier molecular flexibility index (Phi) is 5.89. The van der Waals surface area contributed by atoms with Crippen LogP contribution >= 0.6 is 0 Å². The maximum atomic E-state index is 7.04. The van der Waals surface area contributed by atoms with Gasteiger partial charge in [0.1, 0.15) is 16.7 Å². The van der Waals surface area contributed by atoms with Crippen molar-refractivity contribution in [3.63, 3.8) is 0 Å². The molecule has 0 amide bonds. The fourth-order valence-corrected chi connectivity index (χ4v) is 7.74. The van der Waals surface area contributed by atoms with E-state index in [1.54, 1.807) is 0 Å². The number of hydrogen-bond acceptors (Lipinski definition) is 4. The summed E-state index contributed by atoms with van der Waals surface area (Å²) in [6, 6.07) is 56.4. The monoisotopic (exact) mass is 653 g/mol. The Morgan fingerprint density at radius 1 is 0.412 bits per heavy atom. The molecule has 0 fully saturated rings. The van der Waals surface area contributed by atoms with Gasteiger partial charge in [-0.25, -0.2) is 9.97 Å². The lowest BCUT2D eigenvalue weighted by atomic mass is 10.0. The van der Waals surface area contributed by atoms with Gasteiger partial charge in [-0.1, -0.05) is 121 Å².